The predicted octanol–water partition coefficient (Wildman–Crippen LogP) is 4.12. The second-order valence-corrected chi connectivity index (χ2v) is 6.58. The minimum atomic E-state index is 0.0725. The molecule has 3 heteroatoms. The molecule has 114 valence electrons. The largest absolute Gasteiger partial charge is 0.338 e. The van der Waals surface area contributed by atoms with Gasteiger partial charge in [0.1, 0.15) is 0 Å². The predicted molar refractivity (Wildman–Crippen MR) is 86.7 cm³/mol. The number of urea groups is 1. The van der Waals surface area contributed by atoms with Gasteiger partial charge in [-0.05, 0) is 37.3 Å². The Morgan fingerprint density at radius 2 is 2.00 bits per heavy atom. The van der Waals surface area contributed by atoms with Crippen molar-refractivity contribution in [1.82, 2.24) is 5.32 Å². The summed E-state index contributed by atoms with van der Waals surface area (Å²) in [6.45, 7) is 2.94. The SMILES string of the molecule is CC1Cc2ccccc2N1C(=O)NCCC1CCCCC1. The van der Waals surface area contributed by atoms with Crippen molar-refractivity contribution >= 4 is 11.7 Å². The summed E-state index contributed by atoms with van der Waals surface area (Å²) < 4.78 is 0. The van der Waals surface area contributed by atoms with Crippen molar-refractivity contribution in [2.75, 3.05) is 11.4 Å². The van der Waals surface area contributed by atoms with Crippen molar-refractivity contribution in [3.05, 3.63) is 29.8 Å². The highest BCUT2D eigenvalue weighted by molar-refractivity contribution is 5.94. The zero-order valence-electron chi connectivity index (χ0n) is 13.0. The maximum atomic E-state index is 12.5. The van der Waals surface area contributed by atoms with Crippen LogP contribution in [0.25, 0.3) is 0 Å². The summed E-state index contributed by atoms with van der Waals surface area (Å²) in [5.41, 5.74) is 2.37. The molecule has 0 bridgehead atoms. The van der Waals surface area contributed by atoms with E-state index in [0.717, 1.165) is 31.0 Å². The number of nitrogens with one attached hydrogen (secondary N) is 1. The Morgan fingerprint density at radius 3 is 2.81 bits per heavy atom. The molecule has 1 aliphatic heterocycles. The normalized spacial score (nSPS) is 22.1. The van der Waals surface area contributed by atoms with Crippen molar-refractivity contribution in [2.45, 2.75) is 57.9 Å². The van der Waals surface area contributed by atoms with Gasteiger partial charge in [0.15, 0.2) is 0 Å². The number of fused-ring (bicyclic) bond motifs is 1. The first kappa shape index (κ1) is 14.4. The zero-order chi connectivity index (χ0) is 14.7. The van der Waals surface area contributed by atoms with Crippen LogP contribution in [0.1, 0.15) is 51.0 Å². The monoisotopic (exact) mass is 286 g/mol. The molecule has 0 spiro atoms. The number of para-hydroxylation sites is 1. The molecule has 1 aliphatic carbocycles. The van der Waals surface area contributed by atoms with E-state index in [-0.39, 0.29) is 12.1 Å². The fourth-order valence-corrected chi connectivity index (χ4v) is 3.82. The number of hydrogen-bond donors (Lipinski definition) is 1. The minimum absolute atomic E-state index is 0.0725. The van der Waals surface area contributed by atoms with E-state index < -0.39 is 0 Å². The number of carbonyl (C=O) groups is 1. The summed E-state index contributed by atoms with van der Waals surface area (Å²) in [6.07, 6.45) is 8.93. The summed E-state index contributed by atoms with van der Waals surface area (Å²) in [5.74, 6) is 0.822. The Hall–Kier alpha value is -1.51. The lowest BCUT2D eigenvalue weighted by Crippen LogP contribution is -2.43. The van der Waals surface area contributed by atoms with Crippen LogP contribution in [-0.4, -0.2) is 18.6 Å². The highest BCUT2D eigenvalue weighted by atomic mass is 16.2. The lowest BCUT2D eigenvalue weighted by Gasteiger charge is -2.25. The Morgan fingerprint density at radius 1 is 1.24 bits per heavy atom. The first-order valence-electron chi connectivity index (χ1n) is 8.40. The number of amides is 2. The van der Waals surface area contributed by atoms with Gasteiger partial charge in [-0.25, -0.2) is 4.79 Å². The first-order valence-corrected chi connectivity index (χ1v) is 8.40. The molecular formula is C18H26N2O. The molecule has 3 rings (SSSR count). The minimum Gasteiger partial charge on any atom is -0.338 e. The summed E-state index contributed by atoms with van der Waals surface area (Å²) in [5, 5.41) is 3.13. The van der Waals surface area contributed by atoms with Gasteiger partial charge in [0.25, 0.3) is 0 Å². The van der Waals surface area contributed by atoms with Crippen LogP contribution in [0.5, 0.6) is 0 Å². The molecule has 1 fully saturated rings. The zero-order valence-corrected chi connectivity index (χ0v) is 13.0. The third kappa shape index (κ3) is 3.22. The van der Waals surface area contributed by atoms with Gasteiger partial charge < -0.3 is 5.32 Å². The van der Waals surface area contributed by atoms with Crippen molar-refractivity contribution < 1.29 is 4.79 Å². The second kappa shape index (κ2) is 6.50. The van der Waals surface area contributed by atoms with E-state index >= 15 is 0 Å². The van der Waals surface area contributed by atoms with Gasteiger partial charge in [-0.1, -0.05) is 50.3 Å². The molecule has 0 radical (unpaired) electrons. The van der Waals surface area contributed by atoms with E-state index in [2.05, 4.69) is 30.4 Å². The van der Waals surface area contributed by atoms with Crippen LogP contribution in [0, 0.1) is 5.92 Å². The van der Waals surface area contributed by atoms with Crippen LogP contribution < -0.4 is 10.2 Å². The highest BCUT2D eigenvalue weighted by Crippen LogP contribution is 2.31. The molecule has 1 saturated carbocycles. The standard InChI is InChI=1S/C18H26N2O/c1-14-13-16-9-5-6-10-17(16)20(14)18(21)19-12-11-15-7-3-2-4-8-15/h5-6,9-10,14-15H,2-4,7-8,11-13H2,1H3,(H,19,21). The average molecular weight is 286 g/mol. The Kier molecular flexibility index (Phi) is 4.47. The molecular weight excluding hydrogens is 260 g/mol. The van der Waals surface area contributed by atoms with Crippen molar-refractivity contribution in [1.29, 1.82) is 0 Å². The highest BCUT2D eigenvalue weighted by Gasteiger charge is 2.30. The van der Waals surface area contributed by atoms with Crippen LogP contribution in [0.3, 0.4) is 0 Å². The second-order valence-electron chi connectivity index (χ2n) is 6.58. The van der Waals surface area contributed by atoms with E-state index in [0.29, 0.717) is 0 Å². The summed E-state index contributed by atoms with van der Waals surface area (Å²) in [6, 6.07) is 8.58. The van der Waals surface area contributed by atoms with Crippen LogP contribution in [0.4, 0.5) is 10.5 Å². The van der Waals surface area contributed by atoms with Gasteiger partial charge in [0, 0.05) is 18.3 Å². The molecule has 1 aromatic carbocycles. The number of benzene rings is 1. The van der Waals surface area contributed by atoms with E-state index in [1.54, 1.807) is 0 Å². The van der Waals surface area contributed by atoms with E-state index in [1.807, 2.05) is 11.0 Å². The third-order valence-corrected chi connectivity index (χ3v) is 4.98. The Labute approximate surface area is 127 Å². The van der Waals surface area contributed by atoms with Gasteiger partial charge in [0.05, 0.1) is 0 Å². The van der Waals surface area contributed by atoms with Gasteiger partial charge in [-0.15, -0.1) is 0 Å². The quantitative estimate of drug-likeness (QED) is 0.890. The maximum Gasteiger partial charge on any atom is 0.322 e. The van der Waals surface area contributed by atoms with Gasteiger partial charge in [-0.3, -0.25) is 4.90 Å². The number of anilines is 1. The smallest absolute Gasteiger partial charge is 0.322 e. The molecule has 2 amide bonds. The summed E-state index contributed by atoms with van der Waals surface area (Å²) in [4.78, 5) is 14.4. The van der Waals surface area contributed by atoms with Crippen molar-refractivity contribution in [3.8, 4) is 0 Å². The van der Waals surface area contributed by atoms with Crippen LogP contribution >= 0.6 is 0 Å². The third-order valence-electron chi connectivity index (χ3n) is 4.98. The topological polar surface area (TPSA) is 32.3 Å². The van der Waals surface area contributed by atoms with Gasteiger partial charge in [0.2, 0.25) is 0 Å². The molecule has 1 heterocycles. The van der Waals surface area contributed by atoms with Crippen LogP contribution in [-0.2, 0) is 6.42 Å². The van der Waals surface area contributed by atoms with Gasteiger partial charge in [-0.2, -0.15) is 0 Å². The van der Waals surface area contributed by atoms with E-state index in [1.165, 1.54) is 37.7 Å². The maximum absolute atomic E-state index is 12.5. The van der Waals surface area contributed by atoms with E-state index in [9.17, 15) is 4.79 Å². The number of hydrogen-bond acceptors (Lipinski definition) is 1. The lowest BCUT2D eigenvalue weighted by atomic mass is 9.87. The molecule has 1 aromatic rings. The average Bonchev–Trinajstić information content (AvgIpc) is 2.84. The lowest BCUT2D eigenvalue weighted by molar-refractivity contribution is 0.243. The number of nitrogens with zero attached hydrogens (tertiary/aromatic N) is 1. The molecule has 21 heavy (non-hydrogen) atoms. The molecule has 0 aromatic heterocycles. The first-order chi connectivity index (χ1) is 10.3. The molecule has 3 nitrogen and oxygen atoms in total. The molecule has 1 unspecified atom stereocenters. The van der Waals surface area contributed by atoms with Crippen molar-refractivity contribution in [2.24, 2.45) is 5.92 Å². The molecule has 2 aliphatic rings. The number of rotatable bonds is 3. The summed E-state index contributed by atoms with van der Waals surface area (Å²) >= 11 is 0. The van der Waals surface area contributed by atoms with Crippen molar-refractivity contribution in [3.63, 3.8) is 0 Å². The van der Waals surface area contributed by atoms with E-state index in [4.69, 9.17) is 0 Å². The molecule has 1 N–H and O–H groups in total. The molecule has 1 atom stereocenters. The van der Waals surface area contributed by atoms with Crippen LogP contribution in [0.15, 0.2) is 24.3 Å². The fraction of sp³-hybridized carbons (Fsp3) is 0.611. The summed E-state index contributed by atoms with van der Waals surface area (Å²) in [7, 11) is 0. The van der Waals surface area contributed by atoms with Crippen LogP contribution in [0.2, 0.25) is 0 Å². The fourth-order valence-electron chi connectivity index (χ4n) is 3.82. The molecule has 0 saturated heterocycles. The Bertz CT molecular complexity index is 494. The van der Waals surface area contributed by atoms with Gasteiger partial charge >= 0.3 is 6.03 Å². The Balaban J connectivity index is 1.53. The number of carbonyl (C=O) groups excluding carboxylic acids is 1.